The lowest BCUT2D eigenvalue weighted by molar-refractivity contribution is 0.0641. The molecule has 0 radical (unpaired) electrons. The summed E-state index contributed by atoms with van der Waals surface area (Å²) in [5.74, 6) is 4.06. The van der Waals surface area contributed by atoms with Gasteiger partial charge >= 0.3 is 0 Å². The van der Waals surface area contributed by atoms with Crippen LogP contribution in [0, 0.1) is 46.3 Å². The van der Waals surface area contributed by atoms with Crippen molar-refractivity contribution >= 4 is 17.6 Å². The first-order valence-corrected chi connectivity index (χ1v) is 13.5. The average molecular weight is 480 g/mol. The first-order chi connectivity index (χ1) is 17.4. The van der Waals surface area contributed by atoms with Gasteiger partial charge in [-0.2, -0.15) is 0 Å². The van der Waals surface area contributed by atoms with Crippen LogP contribution in [0.3, 0.4) is 0 Å². The Morgan fingerprint density at radius 1 is 1.22 bits per heavy atom. The molecule has 5 nitrogen and oxygen atoms in total. The number of nitrogens with zero attached hydrogens (tertiary/aromatic N) is 1. The molecule has 5 aliphatic carbocycles. The van der Waals surface area contributed by atoms with E-state index in [1.54, 1.807) is 6.20 Å². The molecular weight excluding hydrogens is 442 g/mol. The second-order valence-electron chi connectivity index (χ2n) is 12.1. The van der Waals surface area contributed by atoms with Crippen molar-refractivity contribution in [3.05, 3.63) is 84.5 Å². The molecule has 3 fully saturated rings. The number of anilines is 2. The van der Waals surface area contributed by atoms with Crippen molar-refractivity contribution in [2.75, 3.05) is 11.1 Å². The van der Waals surface area contributed by atoms with E-state index in [0.29, 0.717) is 23.3 Å². The number of hydrogen-bond acceptors (Lipinski definition) is 5. The Morgan fingerprint density at radius 3 is 2.81 bits per heavy atom. The average Bonchev–Trinajstić information content (AvgIpc) is 3.74. The number of benzene rings is 1. The van der Waals surface area contributed by atoms with Gasteiger partial charge in [0.15, 0.2) is 0 Å². The van der Waals surface area contributed by atoms with Gasteiger partial charge in [0, 0.05) is 64.4 Å². The number of nitrogens with two attached hydrogens (primary N) is 2. The maximum atomic E-state index is 5.81. The van der Waals surface area contributed by atoms with Crippen LogP contribution < -0.4 is 22.1 Å². The van der Waals surface area contributed by atoms with Crippen LogP contribution in [0.4, 0.5) is 11.4 Å². The minimum absolute atomic E-state index is 0.234. The third kappa shape index (κ3) is 3.04. The SMILES string of the molecule is C=C(Nc1ccc(N)cc1)C1C=CC(NC2CC=NC3=CC(C)(C45CC4CC4C(/C=C\N)C45)C32)=CC1. The highest BCUT2D eigenvalue weighted by atomic mass is 15.0. The van der Waals surface area contributed by atoms with Crippen molar-refractivity contribution in [2.45, 2.75) is 38.6 Å². The van der Waals surface area contributed by atoms with Crippen LogP contribution in [0.1, 0.15) is 32.6 Å². The lowest BCUT2D eigenvalue weighted by Crippen LogP contribution is -2.55. The smallest absolute Gasteiger partial charge is 0.0426 e. The van der Waals surface area contributed by atoms with Crippen LogP contribution in [-0.2, 0) is 0 Å². The molecule has 0 saturated heterocycles. The number of nitrogens with one attached hydrogen (secondary N) is 2. The second kappa shape index (κ2) is 7.64. The number of hydrogen-bond donors (Lipinski definition) is 4. The van der Waals surface area contributed by atoms with Gasteiger partial charge in [-0.25, -0.2) is 0 Å². The summed E-state index contributed by atoms with van der Waals surface area (Å²) in [6.45, 7) is 6.83. The first kappa shape index (κ1) is 22.0. The Morgan fingerprint density at radius 2 is 2.06 bits per heavy atom. The van der Waals surface area contributed by atoms with Crippen LogP contribution >= 0.6 is 0 Å². The van der Waals surface area contributed by atoms with E-state index < -0.39 is 0 Å². The second-order valence-corrected chi connectivity index (χ2v) is 12.1. The molecule has 1 aliphatic heterocycles. The van der Waals surface area contributed by atoms with Crippen LogP contribution in [0.25, 0.3) is 0 Å². The third-order valence-corrected chi connectivity index (χ3v) is 10.4. The van der Waals surface area contributed by atoms with Crippen LogP contribution in [0.2, 0.25) is 0 Å². The van der Waals surface area contributed by atoms with E-state index in [4.69, 9.17) is 16.5 Å². The van der Waals surface area contributed by atoms with E-state index in [1.807, 2.05) is 24.3 Å². The zero-order valence-electron chi connectivity index (χ0n) is 21.0. The van der Waals surface area contributed by atoms with E-state index >= 15 is 0 Å². The number of aliphatic imine (C=N–C) groups is 1. The van der Waals surface area contributed by atoms with E-state index in [-0.39, 0.29) is 11.3 Å². The van der Waals surface area contributed by atoms with Gasteiger partial charge < -0.3 is 22.1 Å². The summed E-state index contributed by atoms with van der Waals surface area (Å²) in [5.41, 5.74) is 17.6. The minimum Gasteiger partial charge on any atom is -0.405 e. The van der Waals surface area contributed by atoms with Crippen molar-refractivity contribution in [3.63, 3.8) is 0 Å². The van der Waals surface area contributed by atoms with Gasteiger partial charge in [-0.15, -0.1) is 0 Å². The van der Waals surface area contributed by atoms with Gasteiger partial charge in [0.05, 0.1) is 0 Å². The quantitative estimate of drug-likeness (QED) is 0.397. The molecule has 6 aliphatic rings. The highest BCUT2D eigenvalue weighted by Crippen LogP contribution is 2.88. The lowest BCUT2D eigenvalue weighted by Gasteiger charge is -2.54. The number of fused-ring (bicyclic) bond motifs is 4. The summed E-state index contributed by atoms with van der Waals surface area (Å²) in [4.78, 5) is 4.83. The Hall–Kier alpha value is -3.21. The van der Waals surface area contributed by atoms with Gasteiger partial charge in [0.2, 0.25) is 0 Å². The van der Waals surface area contributed by atoms with Crippen molar-refractivity contribution in [1.82, 2.24) is 5.32 Å². The molecule has 7 rings (SSSR count). The molecule has 1 aromatic carbocycles. The fourth-order valence-corrected chi connectivity index (χ4v) is 8.68. The molecule has 6 N–H and O–H groups in total. The molecule has 9 atom stereocenters. The van der Waals surface area contributed by atoms with Crippen LogP contribution in [0.5, 0.6) is 0 Å². The molecule has 186 valence electrons. The highest BCUT2D eigenvalue weighted by Gasteiger charge is 2.83. The molecule has 1 aromatic rings. The summed E-state index contributed by atoms with van der Waals surface area (Å²) < 4.78 is 0. The van der Waals surface area contributed by atoms with E-state index in [9.17, 15) is 0 Å². The number of nitrogen functional groups attached to an aromatic ring is 1. The maximum Gasteiger partial charge on any atom is 0.0426 e. The number of rotatable bonds is 7. The van der Waals surface area contributed by atoms with Crippen molar-refractivity contribution in [2.24, 2.45) is 57.1 Å². The highest BCUT2D eigenvalue weighted by molar-refractivity contribution is 5.65. The number of allylic oxidation sites excluding steroid dienone is 5. The Kier molecular flexibility index (Phi) is 4.68. The molecule has 9 unspecified atom stereocenters. The molecule has 1 heterocycles. The molecule has 36 heavy (non-hydrogen) atoms. The molecule has 0 amide bonds. The largest absolute Gasteiger partial charge is 0.405 e. The molecule has 3 saturated carbocycles. The zero-order valence-corrected chi connectivity index (χ0v) is 21.0. The summed E-state index contributed by atoms with van der Waals surface area (Å²) in [5, 5.41) is 7.37. The first-order valence-electron chi connectivity index (χ1n) is 13.5. The molecule has 0 spiro atoms. The van der Waals surface area contributed by atoms with Crippen molar-refractivity contribution in [1.29, 1.82) is 0 Å². The maximum absolute atomic E-state index is 5.81. The fourth-order valence-electron chi connectivity index (χ4n) is 8.68. The predicted octanol–water partition coefficient (Wildman–Crippen LogP) is 5.35. The van der Waals surface area contributed by atoms with Crippen LogP contribution in [0.15, 0.2) is 89.5 Å². The normalized spacial score (nSPS) is 43.0. The Bertz CT molecular complexity index is 1250. The molecular formula is C31H37N5. The monoisotopic (exact) mass is 479 g/mol. The van der Waals surface area contributed by atoms with Gasteiger partial charge in [0.1, 0.15) is 0 Å². The topological polar surface area (TPSA) is 88.5 Å². The van der Waals surface area contributed by atoms with Gasteiger partial charge in [-0.3, -0.25) is 4.99 Å². The zero-order chi connectivity index (χ0) is 24.7. The molecule has 5 heteroatoms. The summed E-state index contributed by atoms with van der Waals surface area (Å²) in [6.07, 6.45) is 20.3. The van der Waals surface area contributed by atoms with Crippen LogP contribution in [-0.4, -0.2) is 12.3 Å². The van der Waals surface area contributed by atoms with Gasteiger partial charge in [-0.1, -0.05) is 37.8 Å². The van der Waals surface area contributed by atoms with E-state index in [2.05, 4.69) is 60.7 Å². The van der Waals surface area contributed by atoms with Gasteiger partial charge in [-0.05, 0) is 84.9 Å². The van der Waals surface area contributed by atoms with Crippen molar-refractivity contribution < 1.29 is 0 Å². The standard InChI is InChI=1S/C31H37N5/c1-18(35-22-9-5-21(33)6-10-22)19-3-7-23(8-4-19)36-26-12-14-34-27-17-30(2,29(26)27)31-16-20(31)15-25-24(11-13-32)28(25)31/h3,5-11,13-14,17,19-20,24-26,28-29,35-36H,1,4,12,15-16,32-33H2,2H3/b13-11-. The third-order valence-electron chi connectivity index (χ3n) is 10.4. The molecule has 0 bridgehead atoms. The Balaban J connectivity index is 1.03. The molecule has 0 aromatic heterocycles. The summed E-state index contributed by atoms with van der Waals surface area (Å²) in [7, 11) is 0. The fraction of sp³-hybridized carbons (Fsp3) is 0.452. The Labute approximate surface area is 214 Å². The predicted molar refractivity (Wildman–Crippen MR) is 148 cm³/mol. The van der Waals surface area contributed by atoms with E-state index in [1.165, 1.54) is 24.2 Å². The lowest BCUT2D eigenvalue weighted by atomic mass is 9.52. The van der Waals surface area contributed by atoms with Gasteiger partial charge in [0.25, 0.3) is 0 Å². The van der Waals surface area contributed by atoms with E-state index in [0.717, 1.165) is 47.7 Å². The summed E-state index contributed by atoms with van der Waals surface area (Å²) in [6, 6.07) is 8.20. The van der Waals surface area contributed by atoms with Crippen molar-refractivity contribution in [3.8, 4) is 0 Å². The summed E-state index contributed by atoms with van der Waals surface area (Å²) >= 11 is 0. The minimum atomic E-state index is 0.234.